The third-order valence-electron chi connectivity index (χ3n) is 2.24. The summed E-state index contributed by atoms with van der Waals surface area (Å²) in [6, 6.07) is 7.03. The van der Waals surface area contributed by atoms with Crippen molar-refractivity contribution in [1.29, 1.82) is 5.41 Å². The monoisotopic (exact) mass is 250 g/mol. The van der Waals surface area contributed by atoms with Crippen LogP contribution in [0.3, 0.4) is 0 Å². The lowest BCUT2D eigenvalue weighted by Crippen LogP contribution is -2.31. The van der Waals surface area contributed by atoms with Crippen LogP contribution < -0.4 is 21.5 Å². The lowest BCUT2D eigenvalue weighted by atomic mass is 10.2. The highest BCUT2D eigenvalue weighted by molar-refractivity contribution is 5.95. The number of rotatable bonds is 7. The number of carbonyl (C=O) groups is 1. The van der Waals surface area contributed by atoms with Crippen LogP contribution in [0.1, 0.15) is 12.0 Å². The Morgan fingerprint density at radius 1 is 1.44 bits per heavy atom. The quantitative estimate of drug-likeness (QED) is 0.305. The molecule has 98 valence electrons. The summed E-state index contributed by atoms with van der Waals surface area (Å²) in [6.07, 6.45) is 0.691. The van der Waals surface area contributed by atoms with Gasteiger partial charge < -0.3 is 21.5 Å². The van der Waals surface area contributed by atoms with Crippen molar-refractivity contribution in [3.63, 3.8) is 0 Å². The lowest BCUT2D eigenvalue weighted by molar-refractivity contribution is -0.119. The molecule has 0 unspecified atom stereocenters. The van der Waals surface area contributed by atoms with Crippen LogP contribution in [-0.4, -0.2) is 31.4 Å². The van der Waals surface area contributed by atoms with E-state index in [1.807, 2.05) is 0 Å². The van der Waals surface area contributed by atoms with Crippen molar-refractivity contribution < 1.29 is 9.53 Å². The molecule has 0 radical (unpaired) electrons. The van der Waals surface area contributed by atoms with Crippen LogP contribution in [0.4, 0.5) is 0 Å². The predicted octanol–water partition coefficient (Wildman–Crippen LogP) is -0.186. The molecular formula is C12H18N4O2. The van der Waals surface area contributed by atoms with Gasteiger partial charge in [0, 0.05) is 12.1 Å². The molecule has 0 saturated heterocycles. The molecule has 6 nitrogen and oxygen atoms in total. The van der Waals surface area contributed by atoms with E-state index in [-0.39, 0.29) is 18.3 Å². The minimum atomic E-state index is -0.173. The molecule has 6 heteroatoms. The summed E-state index contributed by atoms with van der Waals surface area (Å²) in [5, 5.41) is 9.96. The SMILES string of the molecule is N=C(N)c1cccc(OCCCNC(=O)CN)c1. The van der Waals surface area contributed by atoms with E-state index in [4.69, 9.17) is 21.6 Å². The van der Waals surface area contributed by atoms with Gasteiger partial charge in [0.2, 0.25) is 5.91 Å². The zero-order valence-corrected chi connectivity index (χ0v) is 10.1. The smallest absolute Gasteiger partial charge is 0.233 e. The van der Waals surface area contributed by atoms with Gasteiger partial charge in [-0.15, -0.1) is 0 Å². The molecule has 0 heterocycles. The van der Waals surface area contributed by atoms with E-state index in [1.165, 1.54) is 0 Å². The van der Waals surface area contributed by atoms with E-state index in [0.717, 1.165) is 0 Å². The van der Waals surface area contributed by atoms with E-state index in [9.17, 15) is 4.79 Å². The third kappa shape index (κ3) is 4.84. The van der Waals surface area contributed by atoms with Crippen molar-refractivity contribution >= 4 is 11.7 Å². The number of hydrogen-bond acceptors (Lipinski definition) is 4. The van der Waals surface area contributed by atoms with Gasteiger partial charge in [-0.25, -0.2) is 0 Å². The van der Waals surface area contributed by atoms with Crippen LogP contribution in [0.5, 0.6) is 5.75 Å². The van der Waals surface area contributed by atoms with E-state index in [1.54, 1.807) is 24.3 Å². The standard InChI is InChI=1S/C12H18N4O2/c13-8-11(17)16-5-2-6-18-10-4-1-3-9(7-10)12(14)15/h1,3-4,7H,2,5-6,8,13H2,(H3,14,15)(H,16,17). The largest absolute Gasteiger partial charge is 0.494 e. The van der Waals surface area contributed by atoms with Crippen LogP contribution in [0.25, 0.3) is 0 Å². The Hall–Kier alpha value is -2.08. The Morgan fingerprint density at radius 2 is 2.22 bits per heavy atom. The summed E-state index contributed by atoms with van der Waals surface area (Å²) in [4.78, 5) is 10.9. The predicted molar refractivity (Wildman–Crippen MR) is 69.6 cm³/mol. The molecule has 0 aliphatic heterocycles. The first-order valence-electron chi connectivity index (χ1n) is 5.67. The van der Waals surface area contributed by atoms with Gasteiger partial charge in [-0.3, -0.25) is 10.2 Å². The maximum absolute atomic E-state index is 10.9. The van der Waals surface area contributed by atoms with Crippen molar-refractivity contribution in [2.24, 2.45) is 11.5 Å². The van der Waals surface area contributed by atoms with Gasteiger partial charge >= 0.3 is 0 Å². The van der Waals surface area contributed by atoms with Gasteiger partial charge in [0.1, 0.15) is 11.6 Å². The number of nitrogen functional groups attached to an aromatic ring is 1. The molecule has 1 aromatic carbocycles. The molecule has 18 heavy (non-hydrogen) atoms. The average Bonchev–Trinajstić information content (AvgIpc) is 2.38. The highest BCUT2D eigenvalue weighted by atomic mass is 16.5. The first-order chi connectivity index (χ1) is 8.63. The van der Waals surface area contributed by atoms with Gasteiger partial charge in [0.25, 0.3) is 0 Å². The van der Waals surface area contributed by atoms with Gasteiger partial charge in [0.05, 0.1) is 13.2 Å². The molecule has 6 N–H and O–H groups in total. The fourth-order valence-corrected chi connectivity index (χ4v) is 1.32. The summed E-state index contributed by atoms with van der Waals surface area (Å²) in [6.45, 7) is 1.01. The second-order valence-electron chi connectivity index (χ2n) is 3.70. The van der Waals surface area contributed by atoms with E-state index >= 15 is 0 Å². The minimum Gasteiger partial charge on any atom is -0.494 e. The Balaban J connectivity index is 2.29. The van der Waals surface area contributed by atoms with E-state index in [2.05, 4.69) is 5.32 Å². The molecule has 0 aromatic heterocycles. The molecule has 0 atom stereocenters. The zero-order chi connectivity index (χ0) is 13.4. The van der Waals surface area contributed by atoms with Crippen molar-refractivity contribution in [2.75, 3.05) is 19.7 Å². The summed E-state index contributed by atoms with van der Waals surface area (Å²) < 4.78 is 5.48. The summed E-state index contributed by atoms with van der Waals surface area (Å²) in [7, 11) is 0. The maximum Gasteiger partial charge on any atom is 0.233 e. The van der Waals surface area contributed by atoms with E-state index in [0.29, 0.717) is 30.9 Å². The highest BCUT2D eigenvalue weighted by Gasteiger charge is 2.00. The zero-order valence-electron chi connectivity index (χ0n) is 10.1. The Morgan fingerprint density at radius 3 is 2.89 bits per heavy atom. The number of nitrogens with two attached hydrogens (primary N) is 2. The number of hydrogen-bond donors (Lipinski definition) is 4. The van der Waals surface area contributed by atoms with Gasteiger partial charge in [-0.1, -0.05) is 12.1 Å². The lowest BCUT2D eigenvalue weighted by Gasteiger charge is -2.08. The molecule has 0 saturated carbocycles. The second-order valence-corrected chi connectivity index (χ2v) is 3.70. The minimum absolute atomic E-state index is 0.00150. The molecule has 0 spiro atoms. The molecule has 1 rings (SSSR count). The first kappa shape index (κ1) is 14.0. The molecular weight excluding hydrogens is 232 g/mol. The van der Waals surface area contributed by atoms with Crippen molar-refractivity contribution in [1.82, 2.24) is 5.32 Å². The summed E-state index contributed by atoms with van der Waals surface area (Å²) in [5.74, 6) is 0.497. The number of carbonyl (C=O) groups excluding carboxylic acids is 1. The van der Waals surface area contributed by atoms with Crippen LogP contribution in [0, 0.1) is 5.41 Å². The van der Waals surface area contributed by atoms with E-state index < -0.39 is 0 Å². The number of benzene rings is 1. The second kappa shape index (κ2) is 7.29. The number of amides is 1. The molecule has 1 amide bonds. The number of ether oxygens (including phenoxy) is 1. The van der Waals surface area contributed by atoms with Crippen LogP contribution in [0.15, 0.2) is 24.3 Å². The number of nitrogens with one attached hydrogen (secondary N) is 2. The molecule has 0 fully saturated rings. The van der Waals surface area contributed by atoms with Crippen molar-refractivity contribution in [3.8, 4) is 5.75 Å². The van der Waals surface area contributed by atoms with Crippen LogP contribution in [0.2, 0.25) is 0 Å². The Labute approximate surface area is 106 Å². The first-order valence-corrected chi connectivity index (χ1v) is 5.67. The molecule has 0 bridgehead atoms. The maximum atomic E-state index is 10.9. The fraction of sp³-hybridized carbons (Fsp3) is 0.333. The highest BCUT2D eigenvalue weighted by Crippen LogP contribution is 2.12. The fourth-order valence-electron chi connectivity index (χ4n) is 1.32. The van der Waals surface area contributed by atoms with Gasteiger partial charge in [-0.05, 0) is 18.6 Å². The summed E-state index contributed by atoms with van der Waals surface area (Å²) in [5.41, 5.74) is 11.2. The Kier molecular flexibility index (Phi) is 5.66. The topological polar surface area (TPSA) is 114 Å². The third-order valence-corrected chi connectivity index (χ3v) is 2.24. The van der Waals surface area contributed by atoms with Crippen LogP contribution in [-0.2, 0) is 4.79 Å². The summed E-state index contributed by atoms with van der Waals surface area (Å²) >= 11 is 0. The Bertz CT molecular complexity index is 420. The number of amidine groups is 1. The van der Waals surface area contributed by atoms with Gasteiger partial charge in [0.15, 0.2) is 0 Å². The normalized spacial score (nSPS) is 9.83. The van der Waals surface area contributed by atoms with Crippen molar-refractivity contribution in [2.45, 2.75) is 6.42 Å². The molecule has 0 aliphatic rings. The molecule has 1 aromatic rings. The average molecular weight is 250 g/mol. The van der Waals surface area contributed by atoms with Crippen LogP contribution >= 0.6 is 0 Å². The van der Waals surface area contributed by atoms with Gasteiger partial charge in [-0.2, -0.15) is 0 Å². The van der Waals surface area contributed by atoms with Crippen molar-refractivity contribution in [3.05, 3.63) is 29.8 Å². The molecule has 0 aliphatic carbocycles.